The van der Waals surface area contributed by atoms with Gasteiger partial charge in [-0.25, -0.2) is 18.1 Å². The Bertz CT molecular complexity index is 605. The van der Waals surface area contributed by atoms with Gasteiger partial charge < -0.3 is 15.6 Å². The van der Waals surface area contributed by atoms with Crippen LogP contribution in [0.3, 0.4) is 0 Å². The van der Waals surface area contributed by atoms with Gasteiger partial charge in [0.25, 0.3) is 10.0 Å². The maximum Gasteiger partial charge on any atom is 0.259 e. The summed E-state index contributed by atoms with van der Waals surface area (Å²) in [5.41, 5.74) is 5.62. The Balaban J connectivity index is 2.47. The number of carbonyl (C=O) groups excluding carboxylic acids is 1. The van der Waals surface area contributed by atoms with Crippen molar-refractivity contribution < 1.29 is 13.2 Å². The van der Waals surface area contributed by atoms with Gasteiger partial charge in [0.05, 0.1) is 0 Å². The molecule has 1 atom stereocenters. The lowest BCUT2D eigenvalue weighted by molar-refractivity contribution is -0.121. The van der Waals surface area contributed by atoms with E-state index in [0.717, 1.165) is 6.42 Å². The molecule has 0 aliphatic rings. The SMILES string of the molecule is Cc1nc(S(=O)(=O)NCCC(=O)NC(CN)CC(C)C)cn1C. The van der Waals surface area contributed by atoms with Crippen LogP contribution in [0.5, 0.6) is 0 Å². The number of nitrogens with zero attached hydrogens (tertiary/aromatic N) is 2. The van der Waals surface area contributed by atoms with Crippen LogP contribution in [0.4, 0.5) is 0 Å². The fourth-order valence-electron chi connectivity index (χ4n) is 2.11. The molecular weight excluding hydrogens is 318 g/mol. The van der Waals surface area contributed by atoms with Gasteiger partial charge in [-0.05, 0) is 19.3 Å². The quantitative estimate of drug-likeness (QED) is 0.577. The number of hydrogen-bond acceptors (Lipinski definition) is 5. The van der Waals surface area contributed by atoms with E-state index in [0.29, 0.717) is 18.3 Å². The Hall–Kier alpha value is -1.45. The first-order valence-electron chi connectivity index (χ1n) is 7.64. The first-order chi connectivity index (χ1) is 10.7. The zero-order chi connectivity index (χ0) is 17.6. The highest BCUT2D eigenvalue weighted by atomic mass is 32.2. The molecule has 9 heteroatoms. The van der Waals surface area contributed by atoms with Crippen LogP contribution in [0.25, 0.3) is 0 Å². The average molecular weight is 345 g/mol. The summed E-state index contributed by atoms with van der Waals surface area (Å²) in [5.74, 6) is 0.804. The number of nitrogens with two attached hydrogens (primary N) is 1. The van der Waals surface area contributed by atoms with Gasteiger partial charge in [-0.1, -0.05) is 13.8 Å². The predicted octanol–water partition coefficient (Wildman–Crippen LogP) is -0.113. The lowest BCUT2D eigenvalue weighted by atomic mass is 10.0. The van der Waals surface area contributed by atoms with E-state index in [-0.39, 0.29) is 29.9 Å². The minimum atomic E-state index is -3.70. The van der Waals surface area contributed by atoms with Gasteiger partial charge in [0.15, 0.2) is 5.03 Å². The Kier molecular flexibility index (Phi) is 7.17. The smallest absolute Gasteiger partial charge is 0.259 e. The highest BCUT2D eigenvalue weighted by Gasteiger charge is 2.19. The summed E-state index contributed by atoms with van der Waals surface area (Å²) < 4.78 is 28.1. The summed E-state index contributed by atoms with van der Waals surface area (Å²) in [5, 5.41) is 2.77. The molecule has 0 bridgehead atoms. The number of aryl methyl sites for hydroxylation is 2. The van der Waals surface area contributed by atoms with Crippen molar-refractivity contribution in [3.8, 4) is 0 Å². The molecule has 0 spiro atoms. The van der Waals surface area contributed by atoms with Crippen molar-refractivity contribution in [2.45, 2.75) is 44.7 Å². The Labute approximate surface area is 137 Å². The van der Waals surface area contributed by atoms with Crippen molar-refractivity contribution in [3.63, 3.8) is 0 Å². The molecule has 1 aromatic heterocycles. The monoisotopic (exact) mass is 345 g/mol. The number of carbonyl (C=O) groups is 1. The largest absolute Gasteiger partial charge is 0.352 e. The van der Waals surface area contributed by atoms with Gasteiger partial charge in [0.1, 0.15) is 5.82 Å². The molecule has 0 aliphatic carbocycles. The van der Waals surface area contributed by atoms with E-state index in [2.05, 4.69) is 28.9 Å². The van der Waals surface area contributed by atoms with Gasteiger partial charge in [0.2, 0.25) is 5.91 Å². The maximum atomic E-state index is 12.1. The third-order valence-electron chi connectivity index (χ3n) is 3.41. The topological polar surface area (TPSA) is 119 Å². The third kappa shape index (κ3) is 6.28. The number of hydrogen-bond donors (Lipinski definition) is 3. The molecule has 0 aliphatic heterocycles. The van der Waals surface area contributed by atoms with Gasteiger partial charge in [-0.15, -0.1) is 0 Å². The second-order valence-electron chi connectivity index (χ2n) is 6.01. The molecule has 1 aromatic rings. The van der Waals surface area contributed by atoms with Crippen molar-refractivity contribution in [1.29, 1.82) is 0 Å². The van der Waals surface area contributed by atoms with Gasteiger partial charge in [-0.2, -0.15) is 0 Å². The van der Waals surface area contributed by atoms with Crippen molar-refractivity contribution in [3.05, 3.63) is 12.0 Å². The standard InChI is InChI=1S/C14H27N5O3S/c1-10(2)7-12(8-15)18-13(20)5-6-16-23(21,22)14-9-19(4)11(3)17-14/h9-10,12,16H,5-8,15H2,1-4H3,(H,18,20). The summed E-state index contributed by atoms with van der Waals surface area (Å²) in [6.07, 6.45) is 2.28. The van der Waals surface area contributed by atoms with Crippen molar-refractivity contribution in [2.24, 2.45) is 18.7 Å². The van der Waals surface area contributed by atoms with Crippen LogP contribution in [0.1, 0.15) is 32.5 Å². The molecular formula is C14H27N5O3S. The molecule has 1 amide bonds. The number of amides is 1. The molecule has 4 N–H and O–H groups in total. The Morgan fingerprint density at radius 3 is 2.57 bits per heavy atom. The number of aromatic nitrogens is 2. The van der Waals surface area contributed by atoms with Crippen LogP contribution < -0.4 is 15.8 Å². The number of sulfonamides is 1. The molecule has 132 valence electrons. The Morgan fingerprint density at radius 2 is 2.09 bits per heavy atom. The van der Waals surface area contributed by atoms with E-state index in [1.54, 1.807) is 18.5 Å². The normalized spacial score (nSPS) is 13.3. The average Bonchev–Trinajstić information content (AvgIpc) is 2.78. The molecule has 0 fully saturated rings. The fraction of sp³-hybridized carbons (Fsp3) is 0.714. The Morgan fingerprint density at radius 1 is 1.43 bits per heavy atom. The fourth-order valence-corrected chi connectivity index (χ4v) is 3.18. The van der Waals surface area contributed by atoms with E-state index in [9.17, 15) is 13.2 Å². The molecule has 23 heavy (non-hydrogen) atoms. The van der Waals surface area contributed by atoms with E-state index < -0.39 is 10.0 Å². The van der Waals surface area contributed by atoms with Crippen molar-refractivity contribution in [1.82, 2.24) is 19.6 Å². The van der Waals surface area contributed by atoms with Crippen LogP contribution in [0, 0.1) is 12.8 Å². The summed E-state index contributed by atoms with van der Waals surface area (Å²) in [6, 6.07) is -0.0856. The van der Waals surface area contributed by atoms with E-state index in [1.807, 2.05) is 0 Å². The molecule has 8 nitrogen and oxygen atoms in total. The second-order valence-corrected chi connectivity index (χ2v) is 7.73. The minimum absolute atomic E-state index is 0.0166. The third-order valence-corrected chi connectivity index (χ3v) is 4.74. The van der Waals surface area contributed by atoms with Gasteiger partial charge >= 0.3 is 0 Å². The zero-order valence-corrected chi connectivity index (χ0v) is 15.0. The molecule has 0 radical (unpaired) electrons. The van der Waals surface area contributed by atoms with Crippen LogP contribution in [-0.4, -0.2) is 43.0 Å². The minimum Gasteiger partial charge on any atom is -0.352 e. The maximum absolute atomic E-state index is 12.1. The molecule has 1 unspecified atom stereocenters. The predicted molar refractivity (Wildman–Crippen MR) is 88.2 cm³/mol. The highest BCUT2D eigenvalue weighted by Crippen LogP contribution is 2.07. The number of nitrogens with one attached hydrogen (secondary N) is 2. The summed E-state index contributed by atoms with van der Waals surface area (Å²) in [6.45, 7) is 6.20. The first-order valence-corrected chi connectivity index (χ1v) is 9.13. The van der Waals surface area contributed by atoms with Crippen LogP contribution >= 0.6 is 0 Å². The van der Waals surface area contributed by atoms with E-state index in [4.69, 9.17) is 5.73 Å². The highest BCUT2D eigenvalue weighted by molar-refractivity contribution is 7.89. The number of rotatable bonds is 9. The van der Waals surface area contributed by atoms with Crippen molar-refractivity contribution >= 4 is 15.9 Å². The zero-order valence-electron chi connectivity index (χ0n) is 14.2. The van der Waals surface area contributed by atoms with Crippen molar-refractivity contribution in [2.75, 3.05) is 13.1 Å². The molecule has 0 saturated heterocycles. The van der Waals surface area contributed by atoms with Crippen LogP contribution in [0.2, 0.25) is 0 Å². The van der Waals surface area contributed by atoms with Gasteiger partial charge in [0, 0.05) is 38.8 Å². The van der Waals surface area contributed by atoms with Crippen LogP contribution in [0.15, 0.2) is 11.2 Å². The summed E-state index contributed by atoms with van der Waals surface area (Å²) in [7, 11) is -1.98. The summed E-state index contributed by atoms with van der Waals surface area (Å²) in [4.78, 5) is 15.8. The molecule has 0 saturated carbocycles. The summed E-state index contributed by atoms with van der Waals surface area (Å²) >= 11 is 0. The van der Waals surface area contributed by atoms with Gasteiger partial charge in [-0.3, -0.25) is 4.79 Å². The molecule has 1 rings (SSSR count). The van der Waals surface area contributed by atoms with E-state index >= 15 is 0 Å². The van der Waals surface area contributed by atoms with E-state index in [1.165, 1.54) is 6.20 Å². The number of imidazole rings is 1. The second kappa shape index (κ2) is 8.42. The first kappa shape index (κ1) is 19.6. The molecule has 0 aromatic carbocycles. The lowest BCUT2D eigenvalue weighted by Gasteiger charge is -2.18. The lowest BCUT2D eigenvalue weighted by Crippen LogP contribution is -2.42. The van der Waals surface area contributed by atoms with Crippen LogP contribution in [-0.2, 0) is 21.9 Å². The molecule has 1 heterocycles.